The van der Waals surface area contributed by atoms with E-state index >= 15 is 0 Å². The summed E-state index contributed by atoms with van der Waals surface area (Å²) in [5.41, 5.74) is 0.787. The first kappa shape index (κ1) is 17.4. The highest BCUT2D eigenvalue weighted by molar-refractivity contribution is 7.13. The maximum absolute atomic E-state index is 11.4. The standard InChI is InChI=1S/C17H28N2O2S/c1-4-5-6-14-16(17(20)21)22-15(18-14)7-8-19-10-12(2)9-13(3)11-19/h12-13H,4-11H2,1-3H3,(H,20,21). The molecule has 0 saturated carbocycles. The van der Waals surface area contributed by atoms with Gasteiger partial charge in [0.1, 0.15) is 4.88 Å². The highest BCUT2D eigenvalue weighted by Crippen LogP contribution is 2.24. The topological polar surface area (TPSA) is 53.4 Å². The number of unbranched alkanes of at least 4 members (excludes halogenated alkanes) is 1. The third-order valence-corrected chi connectivity index (χ3v) is 5.43. The molecule has 1 saturated heterocycles. The van der Waals surface area contributed by atoms with Gasteiger partial charge in [-0.3, -0.25) is 0 Å². The molecule has 0 aliphatic carbocycles. The van der Waals surface area contributed by atoms with Gasteiger partial charge in [0.2, 0.25) is 0 Å². The number of aromatic nitrogens is 1. The van der Waals surface area contributed by atoms with Gasteiger partial charge >= 0.3 is 5.97 Å². The molecule has 0 spiro atoms. The van der Waals surface area contributed by atoms with Crippen molar-refractivity contribution in [1.29, 1.82) is 0 Å². The predicted molar refractivity (Wildman–Crippen MR) is 90.8 cm³/mol. The van der Waals surface area contributed by atoms with Crippen LogP contribution >= 0.6 is 11.3 Å². The highest BCUT2D eigenvalue weighted by atomic mass is 32.1. The van der Waals surface area contributed by atoms with E-state index in [1.165, 1.54) is 17.8 Å². The molecule has 1 aliphatic rings. The van der Waals surface area contributed by atoms with Crippen LogP contribution in [0.1, 0.15) is 60.4 Å². The van der Waals surface area contributed by atoms with Crippen LogP contribution in [-0.4, -0.2) is 40.6 Å². The fraction of sp³-hybridized carbons (Fsp3) is 0.765. The van der Waals surface area contributed by atoms with Gasteiger partial charge in [0.15, 0.2) is 0 Å². The van der Waals surface area contributed by atoms with Crippen molar-refractivity contribution in [3.8, 4) is 0 Å². The van der Waals surface area contributed by atoms with Crippen molar-refractivity contribution in [3.05, 3.63) is 15.6 Å². The molecule has 0 bridgehead atoms. The van der Waals surface area contributed by atoms with Crippen molar-refractivity contribution in [3.63, 3.8) is 0 Å². The molecule has 2 unspecified atom stereocenters. The Bertz CT molecular complexity index is 491. The fourth-order valence-electron chi connectivity index (χ4n) is 3.42. The average molecular weight is 324 g/mol. The summed E-state index contributed by atoms with van der Waals surface area (Å²) in [6.45, 7) is 10.1. The lowest BCUT2D eigenvalue weighted by molar-refractivity contribution is 0.0700. The Balaban J connectivity index is 1.96. The number of aromatic carboxylic acids is 1. The van der Waals surface area contributed by atoms with Gasteiger partial charge in [-0.25, -0.2) is 9.78 Å². The van der Waals surface area contributed by atoms with Crippen LogP contribution < -0.4 is 0 Å². The number of hydrogen-bond acceptors (Lipinski definition) is 4. The monoisotopic (exact) mass is 324 g/mol. The van der Waals surface area contributed by atoms with E-state index in [0.717, 1.165) is 67.9 Å². The number of hydrogen-bond donors (Lipinski definition) is 1. The van der Waals surface area contributed by atoms with Crippen molar-refractivity contribution in [1.82, 2.24) is 9.88 Å². The van der Waals surface area contributed by atoms with Crippen molar-refractivity contribution >= 4 is 17.3 Å². The first-order valence-corrected chi connectivity index (χ1v) is 9.25. The molecule has 1 N–H and O–H groups in total. The lowest BCUT2D eigenvalue weighted by atomic mass is 9.92. The molecule has 0 radical (unpaired) electrons. The molecule has 1 aromatic heterocycles. The van der Waals surface area contributed by atoms with E-state index in [4.69, 9.17) is 0 Å². The van der Waals surface area contributed by atoms with Crippen molar-refractivity contribution in [2.45, 2.75) is 52.9 Å². The number of aryl methyl sites for hydroxylation is 1. The molecule has 4 nitrogen and oxygen atoms in total. The minimum Gasteiger partial charge on any atom is -0.477 e. The zero-order valence-electron chi connectivity index (χ0n) is 14.0. The van der Waals surface area contributed by atoms with Crippen molar-refractivity contribution in [2.24, 2.45) is 11.8 Å². The second kappa shape index (κ2) is 8.06. The van der Waals surface area contributed by atoms with E-state index in [0.29, 0.717) is 4.88 Å². The Morgan fingerprint density at radius 3 is 2.59 bits per heavy atom. The average Bonchev–Trinajstić information content (AvgIpc) is 2.85. The molecule has 1 aliphatic heterocycles. The van der Waals surface area contributed by atoms with E-state index in [-0.39, 0.29) is 0 Å². The molecule has 0 amide bonds. The number of carbonyl (C=O) groups is 1. The normalized spacial score (nSPS) is 22.9. The summed E-state index contributed by atoms with van der Waals surface area (Å²) in [7, 11) is 0. The minimum absolute atomic E-state index is 0.448. The summed E-state index contributed by atoms with van der Waals surface area (Å²) >= 11 is 1.37. The van der Waals surface area contributed by atoms with Crippen LogP contribution in [0, 0.1) is 11.8 Å². The van der Waals surface area contributed by atoms with Crippen LogP contribution in [0.2, 0.25) is 0 Å². The first-order valence-electron chi connectivity index (χ1n) is 8.43. The van der Waals surface area contributed by atoms with Crippen LogP contribution in [0.4, 0.5) is 0 Å². The number of nitrogens with zero attached hydrogens (tertiary/aromatic N) is 2. The van der Waals surface area contributed by atoms with E-state index in [9.17, 15) is 9.90 Å². The lowest BCUT2D eigenvalue weighted by Gasteiger charge is -2.34. The number of carboxylic acid groups (broad SMARTS) is 1. The maximum atomic E-state index is 11.4. The van der Waals surface area contributed by atoms with Gasteiger partial charge in [0.05, 0.1) is 10.7 Å². The van der Waals surface area contributed by atoms with Crippen LogP contribution in [0.3, 0.4) is 0 Å². The summed E-state index contributed by atoms with van der Waals surface area (Å²) in [6, 6.07) is 0. The molecule has 22 heavy (non-hydrogen) atoms. The van der Waals surface area contributed by atoms with Gasteiger partial charge in [-0.05, 0) is 31.1 Å². The fourth-order valence-corrected chi connectivity index (χ4v) is 4.35. The summed E-state index contributed by atoms with van der Waals surface area (Å²) in [5.74, 6) is 0.694. The van der Waals surface area contributed by atoms with Gasteiger partial charge in [0.25, 0.3) is 0 Å². The lowest BCUT2D eigenvalue weighted by Crippen LogP contribution is -2.39. The van der Waals surface area contributed by atoms with E-state index in [1.54, 1.807) is 0 Å². The number of piperidine rings is 1. The summed E-state index contributed by atoms with van der Waals surface area (Å²) in [4.78, 5) is 18.9. The largest absolute Gasteiger partial charge is 0.477 e. The Morgan fingerprint density at radius 1 is 1.32 bits per heavy atom. The number of carboxylic acids is 1. The molecule has 1 aromatic rings. The second-order valence-corrected chi connectivity index (χ2v) is 7.83. The summed E-state index contributed by atoms with van der Waals surface area (Å²) < 4.78 is 0. The van der Waals surface area contributed by atoms with Gasteiger partial charge in [-0.15, -0.1) is 11.3 Å². The Kier molecular flexibility index (Phi) is 6.38. The molecule has 0 aromatic carbocycles. The summed E-state index contributed by atoms with van der Waals surface area (Å²) in [6.07, 6.45) is 5.04. The Labute approximate surface area is 137 Å². The molecule has 1 fully saturated rings. The molecular formula is C17H28N2O2S. The molecular weight excluding hydrogens is 296 g/mol. The second-order valence-electron chi connectivity index (χ2n) is 6.75. The number of rotatable bonds is 7. The van der Waals surface area contributed by atoms with Crippen LogP contribution in [0.25, 0.3) is 0 Å². The third kappa shape index (κ3) is 4.78. The SMILES string of the molecule is CCCCc1nc(CCN2CC(C)CC(C)C2)sc1C(=O)O. The molecule has 2 atom stereocenters. The first-order chi connectivity index (χ1) is 10.5. The van der Waals surface area contributed by atoms with Gasteiger partial charge in [-0.2, -0.15) is 0 Å². The molecule has 2 heterocycles. The van der Waals surface area contributed by atoms with Gasteiger partial charge in [0, 0.05) is 26.1 Å². The zero-order valence-corrected chi connectivity index (χ0v) is 14.8. The molecule has 2 rings (SSSR count). The molecule has 124 valence electrons. The Morgan fingerprint density at radius 2 is 2.00 bits per heavy atom. The molecule has 5 heteroatoms. The zero-order chi connectivity index (χ0) is 16.1. The maximum Gasteiger partial charge on any atom is 0.347 e. The Hall–Kier alpha value is -0.940. The predicted octanol–water partition coefficient (Wildman–Crippen LogP) is 3.70. The smallest absolute Gasteiger partial charge is 0.347 e. The van der Waals surface area contributed by atoms with Crippen LogP contribution in [-0.2, 0) is 12.8 Å². The van der Waals surface area contributed by atoms with Crippen LogP contribution in [0.5, 0.6) is 0 Å². The van der Waals surface area contributed by atoms with Crippen LogP contribution in [0.15, 0.2) is 0 Å². The van der Waals surface area contributed by atoms with E-state index in [1.807, 2.05) is 0 Å². The minimum atomic E-state index is -0.824. The quantitative estimate of drug-likeness (QED) is 0.831. The van der Waals surface area contributed by atoms with E-state index < -0.39 is 5.97 Å². The van der Waals surface area contributed by atoms with E-state index in [2.05, 4.69) is 30.7 Å². The highest BCUT2D eigenvalue weighted by Gasteiger charge is 2.22. The van der Waals surface area contributed by atoms with Gasteiger partial charge in [-0.1, -0.05) is 27.2 Å². The van der Waals surface area contributed by atoms with Gasteiger partial charge < -0.3 is 10.0 Å². The van der Waals surface area contributed by atoms with Crippen molar-refractivity contribution in [2.75, 3.05) is 19.6 Å². The summed E-state index contributed by atoms with van der Waals surface area (Å²) in [5, 5.41) is 10.3. The van der Waals surface area contributed by atoms with Crippen molar-refractivity contribution < 1.29 is 9.90 Å². The number of likely N-dealkylation sites (tertiary alicyclic amines) is 1. The number of thiazole rings is 1. The third-order valence-electron chi connectivity index (χ3n) is 4.29.